The number of fused-ring (bicyclic) bond motifs is 1. The van der Waals surface area contributed by atoms with Gasteiger partial charge in [0.15, 0.2) is 0 Å². The normalized spacial score (nSPS) is 12.0. The smallest absolute Gasteiger partial charge is 0.143 e. The standard InChI is InChI=1S/C21H25N3O/c1-16-18-11-7-8-12-19(18)23-20(22-16)14-24(15-21(2,3)25)13-17-9-5-4-6-10-17/h4-12,25H,13-15H2,1-3H3. The summed E-state index contributed by atoms with van der Waals surface area (Å²) in [6.07, 6.45) is 0. The predicted octanol–water partition coefficient (Wildman–Crippen LogP) is 3.71. The van der Waals surface area contributed by atoms with Gasteiger partial charge in [-0.3, -0.25) is 4.90 Å². The monoisotopic (exact) mass is 335 g/mol. The van der Waals surface area contributed by atoms with E-state index >= 15 is 0 Å². The van der Waals surface area contributed by atoms with Crippen molar-refractivity contribution >= 4 is 10.9 Å². The highest BCUT2D eigenvalue weighted by Gasteiger charge is 2.20. The highest BCUT2D eigenvalue weighted by Crippen LogP contribution is 2.17. The Morgan fingerprint density at radius 1 is 0.920 bits per heavy atom. The van der Waals surface area contributed by atoms with Gasteiger partial charge in [-0.25, -0.2) is 9.97 Å². The summed E-state index contributed by atoms with van der Waals surface area (Å²) in [7, 11) is 0. The Hall–Kier alpha value is -2.30. The molecule has 2 aromatic carbocycles. The third-order valence-electron chi connectivity index (χ3n) is 4.06. The van der Waals surface area contributed by atoms with Crippen LogP contribution in [-0.2, 0) is 13.1 Å². The molecule has 0 fully saturated rings. The molecule has 0 aliphatic carbocycles. The number of nitrogens with zero attached hydrogens (tertiary/aromatic N) is 3. The van der Waals surface area contributed by atoms with E-state index in [9.17, 15) is 5.11 Å². The van der Waals surface area contributed by atoms with E-state index in [-0.39, 0.29) is 0 Å². The van der Waals surface area contributed by atoms with Crippen LogP contribution in [0.1, 0.15) is 30.9 Å². The molecule has 4 heteroatoms. The molecule has 0 saturated carbocycles. The van der Waals surface area contributed by atoms with E-state index in [0.29, 0.717) is 13.1 Å². The minimum atomic E-state index is -0.777. The van der Waals surface area contributed by atoms with Gasteiger partial charge in [-0.2, -0.15) is 0 Å². The minimum Gasteiger partial charge on any atom is -0.389 e. The molecule has 25 heavy (non-hydrogen) atoms. The van der Waals surface area contributed by atoms with Crippen LogP contribution in [0.3, 0.4) is 0 Å². The Bertz CT molecular complexity index is 841. The second-order valence-electron chi connectivity index (χ2n) is 7.19. The molecule has 0 spiro atoms. The van der Waals surface area contributed by atoms with Gasteiger partial charge in [-0.05, 0) is 32.4 Å². The largest absolute Gasteiger partial charge is 0.389 e. The van der Waals surface area contributed by atoms with Crippen molar-refractivity contribution in [2.75, 3.05) is 6.54 Å². The molecule has 0 bridgehead atoms. The summed E-state index contributed by atoms with van der Waals surface area (Å²) >= 11 is 0. The summed E-state index contributed by atoms with van der Waals surface area (Å²) in [5, 5.41) is 11.4. The van der Waals surface area contributed by atoms with Crippen LogP contribution in [0.2, 0.25) is 0 Å². The Morgan fingerprint density at radius 3 is 2.32 bits per heavy atom. The number of hydrogen-bond donors (Lipinski definition) is 1. The number of aryl methyl sites for hydroxylation is 1. The van der Waals surface area contributed by atoms with Gasteiger partial charge in [-0.1, -0.05) is 48.5 Å². The van der Waals surface area contributed by atoms with Gasteiger partial charge in [0.25, 0.3) is 0 Å². The van der Waals surface area contributed by atoms with Crippen molar-refractivity contribution in [1.82, 2.24) is 14.9 Å². The lowest BCUT2D eigenvalue weighted by Gasteiger charge is -2.28. The van der Waals surface area contributed by atoms with E-state index < -0.39 is 5.60 Å². The Labute approximate surface area is 149 Å². The second kappa shape index (κ2) is 7.30. The molecule has 4 nitrogen and oxygen atoms in total. The van der Waals surface area contributed by atoms with Crippen molar-refractivity contribution in [3.8, 4) is 0 Å². The van der Waals surface area contributed by atoms with E-state index in [4.69, 9.17) is 4.98 Å². The van der Waals surface area contributed by atoms with Crippen LogP contribution in [0.25, 0.3) is 10.9 Å². The number of hydrogen-bond acceptors (Lipinski definition) is 4. The topological polar surface area (TPSA) is 49.2 Å². The molecule has 130 valence electrons. The molecule has 1 N–H and O–H groups in total. The zero-order chi connectivity index (χ0) is 17.9. The third-order valence-corrected chi connectivity index (χ3v) is 4.06. The Kier molecular flexibility index (Phi) is 5.11. The van der Waals surface area contributed by atoms with Crippen LogP contribution in [-0.4, -0.2) is 32.1 Å². The van der Waals surface area contributed by atoms with Gasteiger partial charge in [0.05, 0.1) is 17.7 Å². The van der Waals surface area contributed by atoms with Crippen LogP contribution in [0.15, 0.2) is 54.6 Å². The van der Waals surface area contributed by atoms with Crippen molar-refractivity contribution < 1.29 is 5.11 Å². The van der Waals surface area contributed by atoms with Gasteiger partial charge in [-0.15, -0.1) is 0 Å². The van der Waals surface area contributed by atoms with E-state index in [0.717, 1.165) is 29.0 Å². The number of para-hydroxylation sites is 1. The average molecular weight is 335 g/mol. The maximum Gasteiger partial charge on any atom is 0.143 e. The maximum atomic E-state index is 10.3. The van der Waals surface area contributed by atoms with Crippen molar-refractivity contribution in [2.45, 2.75) is 39.5 Å². The number of aromatic nitrogens is 2. The lowest BCUT2D eigenvalue weighted by atomic mass is 10.1. The van der Waals surface area contributed by atoms with Crippen molar-refractivity contribution in [3.63, 3.8) is 0 Å². The summed E-state index contributed by atoms with van der Waals surface area (Å²) in [4.78, 5) is 11.6. The molecule has 0 unspecified atom stereocenters. The lowest BCUT2D eigenvalue weighted by molar-refractivity contribution is 0.0298. The zero-order valence-corrected chi connectivity index (χ0v) is 15.1. The van der Waals surface area contributed by atoms with Gasteiger partial charge in [0.1, 0.15) is 5.82 Å². The van der Waals surface area contributed by atoms with E-state index in [1.54, 1.807) is 0 Å². The first-order valence-corrected chi connectivity index (χ1v) is 8.62. The fourth-order valence-corrected chi connectivity index (χ4v) is 3.12. The van der Waals surface area contributed by atoms with E-state index in [1.165, 1.54) is 5.56 Å². The molecule has 1 heterocycles. The van der Waals surface area contributed by atoms with Gasteiger partial charge in [0, 0.05) is 24.2 Å². The summed E-state index contributed by atoms with van der Waals surface area (Å²) in [6, 6.07) is 18.4. The van der Waals surface area contributed by atoms with Crippen molar-refractivity contribution in [1.29, 1.82) is 0 Å². The van der Waals surface area contributed by atoms with Gasteiger partial charge >= 0.3 is 0 Å². The molecular formula is C21H25N3O. The van der Waals surface area contributed by atoms with E-state index in [1.807, 2.05) is 63.2 Å². The maximum absolute atomic E-state index is 10.3. The predicted molar refractivity (Wildman–Crippen MR) is 101 cm³/mol. The minimum absolute atomic E-state index is 0.553. The molecule has 0 aliphatic rings. The number of benzene rings is 2. The van der Waals surface area contributed by atoms with Crippen molar-refractivity contribution in [3.05, 3.63) is 71.7 Å². The fourth-order valence-electron chi connectivity index (χ4n) is 3.12. The van der Waals surface area contributed by atoms with Crippen LogP contribution < -0.4 is 0 Å². The SMILES string of the molecule is Cc1nc(CN(Cc2ccccc2)CC(C)(C)O)nc2ccccc12. The Morgan fingerprint density at radius 2 is 1.60 bits per heavy atom. The van der Waals surface area contributed by atoms with Crippen LogP contribution in [0, 0.1) is 6.92 Å². The first-order chi connectivity index (χ1) is 11.9. The Balaban J connectivity index is 1.86. The molecule has 1 aromatic heterocycles. The fraction of sp³-hybridized carbons (Fsp3) is 0.333. The summed E-state index contributed by atoms with van der Waals surface area (Å²) < 4.78 is 0. The molecule has 0 radical (unpaired) electrons. The molecular weight excluding hydrogens is 310 g/mol. The highest BCUT2D eigenvalue weighted by atomic mass is 16.3. The van der Waals surface area contributed by atoms with Gasteiger partial charge < -0.3 is 5.11 Å². The van der Waals surface area contributed by atoms with Gasteiger partial charge in [0.2, 0.25) is 0 Å². The third kappa shape index (κ3) is 4.84. The highest BCUT2D eigenvalue weighted by molar-refractivity contribution is 5.80. The first kappa shape index (κ1) is 17.5. The van der Waals surface area contributed by atoms with Crippen molar-refractivity contribution in [2.24, 2.45) is 0 Å². The summed E-state index contributed by atoms with van der Waals surface area (Å²) in [6.45, 7) is 7.59. The quantitative estimate of drug-likeness (QED) is 0.746. The number of aliphatic hydroxyl groups is 1. The first-order valence-electron chi connectivity index (χ1n) is 8.62. The van der Waals surface area contributed by atoms with Crippen LogP contribution in [0.5, 0.6) is 0 Å². The zero-order valence-electron chi connectivity index (χ0n) is 15.1. The summed E-state index contributed by atoms with van der Waals surface area (Å²) in [5.74, 6) is 0.788. The molecule has 0 amide bonds. The summed E-state index contributed by atoms with van der Waals surface area (Å²) in [5.41, 5.74) is 2.39. The van der Waals surface area contributed by atoms with Crippen LogP contribution >= 0.6 is 0 Å². The average Bonchev–Trinajstić information content (AvgIpc) is 2.54. The molecule has 3 aromatic rings. The molecule has 0 saturated heterocycles. The molecule has 3 rings (SSSR count). The molecule has 0 aliphatic heterocycles. The molecule has 0 atom stereocenters. The lowest BCUT2D eigenvalue weighted by Crippen LogP contribution is -2.38. The number of rotatable bonds is 6. The van der Waals surface area contributed by atoms with E-state index in [2.05, 4.69) is 22.0 Å². The van der Waals surface area contributed by atoms with Crippen LogP contribution in [0.4, 0.5) is 0 Å². The second-order valence-corrected chi connectivity index (χ2v) is 7.19.